The Hall–Kier alpha value is -2.54. The molecule has 138 valence electrons. The number of halogens is 2. The fourth-order valence-electron chi connectivity index (χ4n) is 2.24. The first-order chi connectivity index (χ1) is 12.5. The highest BCUT2D eigenvalue weighted by Gasteiger charge is 2.13. The van der Waals surface area contributed by atoms with E-state index in [4.69, 9.17) is 14.2 Å². The third-order valence-electron chi connectivity index (χ3n) is 3.50. The first kappa shape index (κ1) is 19.8. The molecule has 0 heterocycles. The summed E-state index contributed by atoms with van der Waals surface area (Å²) in [6.45, 7) is 0. The second-order valence-electron chi connectivity index (χ2n) is 5.06. The second kappa shape index (κ2) is 9.24. The van der Waals surface area contributed by atoms with Gasteiger partial charge in [-0.1, -0.05) is 23.9 Å². The molecule has 0 N–H and O–H groups in total. The van der Waals surface area contributed by atoms with Crippen LogP contribution in [0.5, 0.6) is 17.2 Å². The molecule has 0 unspecified atom stereocenters. The summed E-state index contributed by atoms with van der Waals surface area (Å²) in [6, 6.07) is 9.66. The molecule has 2 rings (SSSR count). The highest BCUT2D eigenvalue weighted by atomic mass is 32.2. The van der Waals surface area contributed by atoms with E-state index in [1.807, 2.05) is 0 Å². The summed E-state index contributed by atoms with van der Waals surface area (Å²) >= 11 is 0.374. The molecule has 7 heteroatoms. The van der Waals surface area contributed by atoms with E-state index in [0.717, 1.165) is 5.56 Å². The number of methoxy groups -OCH3 is 3. The second-order valence-corrected chi connectivity index (χ2v) is 6.09. The Morgan fingerprint density at radius 2 is 1.65 bits per heavy atom. The molecular formula is C19H18F2O4S. The molecule has 0 aliphatic carbocycles. The number of ketones is 1. The lowest BCUT2D eigenvalue weighted by Crippen LogP contribution is -1.97. The summed E-state index contributed by atoms with van der Waals surface area (Å²) in [5, 5.41) is 0. The number of carbonyl (C=O) groups excluding carboxylic acids is 1. The van der Waals surface area contributed by atoms with Crippen molar-refractivity contribution in [3.63, 3.8) is 0 Å². The minimum atomic E-state index is -2.56. The predicted octanol–water partition coefficient (Wildman–Crippen LogP) is 4.92. The van der Waals surface area contributed by atoms with Gasteiger partial charge in [-0.15, -0.1) is 0 Å². The Labute approximate surface area is 154 Å². The zero-order chi connectivity index (χ0) is 19.1. The molecule has 0 aliphatic rings. The van der Waals surface area contributed by atoms with Crippen molar-refractivity contribution in [1.82, 2.24) is 0 Å². The van der Waals surface area contributed by atoms with Crippen molar-refractivity contribution >= 4 is 23.6 Å². The molecular weight excluding hydrogens is 362 g/mol. The predicted molar refractivity (Wildman–Crippen MR) is 97.8 cm³/mol. The summed E-state index contributed by atoms with van der Waals surface area (Å²) in [7, 11) is 4.45. The van der Waals surface area contributed by atoms with E-state index in [2.05, 4.69) is 0 Å². The topological polar surface area (TPSA) is 44.8 Å². The van der Waals surface area contributed by atoms with Crippen molar-refractivity contribution in [2.75, 3.05) is 21.3 Å². The van der Waals surface area contributed by atoms with Crippen LogP contribution >= 0.6 is 11.8 Å². The van der Waals surface area contributed by atoms with Gasteiger partial charge >= 0.3 is 0 Å². The van der Waals surface area contributed by atoms with Crippen LogP contribution < -0.4 is 14.2 Å². The van der Waals surface area contributed by atoms with Gasteiger partial charge in [0.25, 0.3) is 5.76 Å². The van der Waals surface area contributed by atoms with Gasteiger partial charge in [0, 0.05) is 5.56 Å². The van der Waals surface area contributed by atoms with Gasteiger partial charge in [0.2, 0.25) is 0 Å². The van der Waals surface area contributed by atoms with E-state index in [1.165, 1.54) is 38.5 Å². The largest absolute Gasteiger partial charge is 0.496 e. The van der Waals surface area contributed by atoms with Crippen molar-refractivity contribution in [1.29, 1.82) is 0 Å². The van der Waals surface area contributed by atoms with E-state index in [1.54, 1.807) is 31.4 Å². The van der Waals surface area contributed by atoms with Crippen LogP contribution in [0.15, 0.2) is 47.4 Å². The first-order valence-electron chi connectivity index (χ1n) is 7.55. The maximum atomic E-state index is 12.5. The van der Waals surface area contributed by atoms with Crippen LogP contribution in [-0.2, 0) is 0 Å². The normalized spacial score (nSPS) is 11.0. The molecule has 0 aromatic heterocycles. The maximum Gasteiger partial charge on any atom is 0.289 e. The van der Waals surface area contributed by atoms with Crippen molar-refractivity contribution in [2.24, 2.45) is 0 Å². The number of benzene rings is 2. The van der Waals surface area contributed by atoms with Crippen molar-refractivity contribution in [2.45, 2.75) is 10.7 Å². The summed E-state index contributed by atoms with van der Waals surface area (Å²) in [4.78, 5) is 12.6. The number of hydrogen-bond donors (Lipinski definition) is 0. The Kier molecular flexibility index (Phi) is 7.03. The zero-order valence-electron chi connectivity index (χ0n) is 14.5. The summed E-state index contributed by atoms with van der Waals surface area (Å²) in [5.74, 6) is -1.45. The molecule has 0 spiro atoms. The van der Waals surface area contributed by atoms with Crippen molar-refractivity contribution < 1.29 is 27.8 Å². The fraction of sp³-hybridized carbons (Fsp3) is 0.211. The van der Waals surface area contributed by atoms with Crippen molar-refractivity contribution in [3.8, 4) is 17.2 Å². The minimum absolute atomic E-state index is 0.237. The first-order valence-corrected chi connectivity index (χ1v) is 8.43. The molecule has 2 aromatic rings. The van der Waals surface area contributed by atoms with Crippen LogP contribution in [0.2, 0.25) is 0 Å². The number of rotatable bonds is 8. The summed E-state index contributed by atoms with van der Waals surface area (Å²) < 4.78 is 40.5. The molecule has 0 aliphatic heterocycles. The quantitative estimate of drug-likeness (QED) is 0.369. The van der Waals surface area contributed by atoms with Crippen LogP contribution in [0.3, 0.4) is 0 Å². The van der Waals surface area contributed by atoms with E-state index >= 15 is 0 Å². The van der Waals surface area contributed by atoms with Gasteiger partial charge < -0.3 is 14.2 Å². The molecule has 0 saturated heterocycles. The number of ether oxygens (including phenoxy) is 3. The monoisotopic (exact) mass is 380 g/mol. The molecule has 0 radical (unpaired) electrons. The zero-order valence-corrected chi connectivity index (χ0v) is 15.3. The van der Waals surface area contributed by atoms with E-state index in [9.17, 15) is 13.6 Å². The van der Waals surface area contributed by atoms with Gasteiger partial charge in [0.05, 0.1) is 26.2 Å². The lowest BCUT2D eigenvalue weighted by Gasteiger charge is -2.09. The summed E-state index contributed by atoms with van der Waals surface area (Å²) in [5.41, 5.74) is 1.10. The van der Waals surface area contributed by atoms with Gasteiger partial charge in [-0.2, -0.15) is 8.78 Å². The maximum absolute atomic E-state index is 12.5. The highest BCUT2D eigenvalue weighted by molar-refractivity contribution is 7.99. The number of carbonyl (C=O) groups is 1. The van der Waals surface area contributed by atoms with Gasteiger partial charge in [-0.3, -0.25) is 4.79 Å². The minimum Gasteiger partial charge on any atom is -0.496 e. The Balaban J connectivity index is 2.20. The number of allylic oxidation sites excluding steroid dienone is 1. The standard InChI is InChI=1S/C19H18F2O4S/c1-23-15-8-5-12(10-16(15)24-2)4-7-14(22)13-6-9-18(26-19(20)21)17(11-13)25-3/h4-11,19H,1-3H3. The average Bonchev–Trinajstić information content (AvgIpc) is 2.65. The van der Waals surface area contributed by atoms with Crippen molar-refractivity contribution in [3.05, 3.63) is 53.6 Å². The van der Waals surface area contributed by atoms with Gasteiger partial charge in [0.15, 0.2) is 17.3 Å². The van der Waals surface area contributed by atoms with Crippen LogP contribution in [-0.4, -0.2) is 32.9 Å². The highest BCUT2D eigenvalue weighted by Crippen LogP contribution is 2.34. The number of thioether (sulfide) groups is 1. The number of alkyl halides is 2. The lowest BCUT2D eigenvalue weighted by molar-refractivity contribution is 0.104. The summed E-state index contributed by atoms with van der Waals surface area (Å²) in [6.07, 6.45) is 3.04. The molecule has 0 saturated carbocycles. The smallest absolute Gasteiger partial charge is 0.289 e. The number of hydrogen-bond acceptors (Lipinski definition) is 5. The van der Waals surface area contributed by atoms with Crippen LogP contribution in [0.1, 0.15) is 15.9 Å². The lowest BCUT2D eigenvalue weighted by atomic mass is 10.1. The average molecular weight is 380 g/mol. The molecule has 26 heavy (non-hydrogen) atoms. The van der Waals surface area contributed by atoms with Gasteiger partial charge in [-0.05, 0) is 42.0 Å². The van der Waals surface area contributed by atoms with Gasteiger partial charge in [-0.25, -0.2) is 0 Å². The third kappa shape index (κ3) is 4.98. The fourth-order valence-corrected chi connectivity index (χ4v) is 2.84. The Morgan fingerprint density at radius 1 is 0.962 bits per heavy atom. The van der Waals surface area contributed by atoms with E-state index < -0.39 is 5.76 Å². The molecule has 0 bridgehead atoms. The Morgan fingerprint density at radius 3 is 2.27 bits per heavy atom. The van der Waals surface area contributed by atoms with E-state index in [-0.39, 0.29) is 16.4 Å². The van der Waals surface area contributed by atoms with Crippen LogP contribution in [0.4, 0.5) is 8.78 Å². The van der Waals surface area contributed by atoms with E-state index in [0.29, 0.717) is 28.8 Å². The molecule has 2 aromatic carbocycles. The molecule has 0 fully saturated rings. The Bertz CT molecular complexity index is 806. The third-order valence-corrected chi connectivity index (χ3v) is 4.27. The molecule has 0 amide bonds. The van der Waals surface area contributed by atoms with Crippen LogP contribution in [0.25, 0.3) is 6.08 Å². The van der Waals surface area contributed by atoms with Crippen LogP contribution in [0, 0.1) is 0 Å². The molecule has 4 nitrogen and oxygen atoms in total. The van der Waals surface area contributed by atoms with Gasteiger partial charge in [0.1, 0.15) is 5.75 Å². The molecule has 0 atom stereocenters. The SMILES string of the molecule is COc1ccc(C=CC(=O)c2ccc(SC(F)F)c(OC)c2)cc1OC.